The van der Waals surface area contributed by atoms with Gasteiger partial charge in [-0.1, -0.05) is 30.9 Å². The molecule has 1 saturated carbocycles. The van der Waals surface area contributed by atoms with Gasteiger partial charge in [0, 0.05) is 37.2 Å². The molecule has 0 radical (unpaired) electrons. The van der Waals surface area contributed by atoms with Gasteiger partial charge in [0.2, 0.25) is 10.0 Å². The number of sulfonamides is 1. The van der Waals surface area contributed by atoms with E-state index in [9.17, 15) is 17.9 Å². The summed E-state index contributed by atoms with van der Waals surface area (Å²) in [6.07, 6.45) is 2.24. The number of hydrogen-bond acceptors (Lipinski definition) is 5. The van der Waals surface area contributed by atoms with Gasteiger partial charge in [0.1, 0.15) is 22.6 Å². The third-order valence-corrected chi connectivity index (χ3v) is 8.66. The minimum Gasteiger partial charge on any atom is -0.487 e. The first kappa shape index (κ1) is 25.6. The summed E-state index contributed by atoms with van der Waals surface area (Å²) in [4.78, 5) is 2.30. The molecule has 35 heavy (non-hydrogen) atoms. The Morgan fingerprint density at radius 2 is 1.94 bits per heavy atom. The fraction of sp³-hybridized carbons (Fsp3) is 0.481. The maximum Gasteiger partial charge on any atom is 0.247 e. The van der Waals surface area contributed by atoms with E-state index >= 15 is 0 Å². The van der Waals surface area contributed by atoms with E-state index in [4.69, 9.17) is 4.74 Å². The molecular weight excluding hydrogens is 467 g/mol. The maximum absolute atomic E-state index is 14.0. The van der Waals surface area contributed by atoms with Crippen molar-refractivity contribution in [1.29, 1.82) is 0 Å². The van der Waals surface area contributed by atoms with Gasteiger partial charge in [-0.25, -0.2) is 12.8 Å². The van der Waals surface area contributed by atoms with Crippen LogP contribution >= 0.6 is 0 Å². The van der Waals surface area contributed by atoms with E-state index in [1.807, 2.05) is 6.92 Å². The maximum atomic E-state index is 14.0. The first-order valence-corrected chi connectivity index (χ1v) is 13.5. The zero-order valence-electron chi connectivity index (χ0n) is 20.4. The molecule has 188 valence electrons. The van der Waals surface area contributed by atoms with Crippen LogP contribution in [0.1, 0.15) is 37.8 Å². The van der Waals surface area contributed by atoms with Crippen molar-refractivity contribution in [2.45, 2.75) is 43.7 Å². The highest BCUT2D eigenvalue weighted by Gasteiger charge is 2.38. The second kappa shape index (κ2) is 10.7. The fourth-order valence-electron chi connectivity index (χ4n) is 4.35. The lowest BCUT2D eigenvalue weighted by molar-refractivity contribution is 0.0740. The Morgan fingerprint density at radius 1 is 1.20 bits per heavy atom. The summed E-state index contributed by atoms with van der Waals surface area (Å²) in [6, 6.07) is 10.4. The summed E-state index contributed by atoms with van der Waals surface area (Å²) in [5.41, 5.74) is 0.797. The molecule has 1 fully saturated rings. The molecule has 0 bridgehead atoms. The lowest BCUT2D eigenvalue weighted by Crippen LogP contribution is -2.49. The zero-order chi connectivity index (χ0) is 25.2. The highest BCUT2D eigenvalue weighted by molar-refractivity contribution is 7.89. The number of halogens is 1. The normalized spacial score (nSPS) is 22.8. The first-order chi connectivity index (χ1) is 16.7. The Labute approximate surface area is 207 Å². The van der Waals surface area contributed by atoms with Gasteiger partial charge in [-0.3, -0.25) is 0 Å². The largest absolute Gasteiger partial charge is 0.487 e. The lowest BCUT2D eigenvalue weighted by atomic mass is 10.0. The van der Waals surface area contributed by atoms with Crippen molar-refractivity contribution in [3.63, 3.8) is 0 Å². The predicted octanol–water partition coefficient (Wildman–Crippen LogP) is 3.34. The van der Waals surface area contributed by atoms with Crippen LogP contribution in [0.4, 0.5) is 4.39 Å². The number of likely N-dealkylation sites (N-methyl/N-ethyl adjacent to an activating group) is 1. The molecule has 2 aromatic carbocycles. The lowest BCUT2D eigenvalue weighted by Gasteiger charge is -2.37. The van der Waals surface area contributed by atoms with Gasteiger partial charge in [-0.15, -0.1) is 0 Å². The van der Waals surface area contributed by atoms with Crippen LogP contribution in [0.5, 0.6) is 5.75 Å². The second-order valence-corrected chi connectivity index (χ2v) is 11.7. The van der Waals surface area contributed by atoms with Crippen LogP contribution < -0.4 is 4.74 Å². The van der Waals surface area contributed by atoms with Crippen molar-refractivity contribution < 1.29 is 22.7 Å². The molecule has 0 unspecified atom stereocenters. The summed E-state index contributed by atoms with van der Waals surface area (Å²) >= 11 is 0. The molecule has 0 amide bonds. The Morgan fingerprint density at radius 3 is 2.63 bits per heavy atom. The average Bonchev–Trinajstić information content (AvgIpc) is 3.64. The average molecular weight is 501 g/mol. The van der Waals surface area contributed by atoms with Crippen LogP contribution in [-0.4, -0.2) is 68.2 Å². The Kier molecular flexibility index (Phi) is 7.82. The van der Waals surface area contributed by atoms with Crippen LogP contribution in [-0.2, 0) is 10.0 Å². The minimum atomic E-state index is -3.91. The molecule has 8 heteroatoms. The van der Waals surface area contributed by atoms with Crippen LogP contribution in [0, 0.1) is 29.5 Å². The van der Waals surface area contributed by atoms with Crippen molar-refractivity contribution >= 4 is 10.0 Å². The summed E-state index contributed by atoms with van der Waals surface area (Å²) in [5.74, 6) is 6.19. The monoisotopic (exact) mass is 500 g/mol. The molecule has 4 rings (SSSR count). The van der Waals surface area contributed by atoms with Gasteiger partial charge in [0.05, 0.1) is 12.2 Å². The molecule has 2 aromatic rings. The van der Waals surface area contributed by atoms with Crippen molar-refractivity contribution in [2.75, 3.05) is 33.3 Å². The van der Waals surface area contributed by atoms with E-state index in [0.29, 0.717) is 12.1 Å². The molecule has 6 nitrogen and oxygen atoms in total. The number of fused-ring (bicyclic) bond motifs is 1. The van der Waals surface area contributed by atoms with E-state index in [1.165, 1.54) is 29.3 Å². The van der Waals surface area contributed by atoms with Gasteiger partial charge in [-0.05, 0) is 63.1 Å². The fourth-order valence-corrected chi connectivity index (χ4v) is 6.17. The number of ether oxygens (including phenoxy) is 1. The first-order valence-electron chi connectivity index (χ1n) is 12.1. The van der Waals surface area contributed by atoms with Crippen molar-refractivity contribution in [3.05, 3.63) is 59.4 Å². The molecule has 1 aliphatic heterocycles. The second-order valence-electron chi connectivity index (χ2n) is 9.80. The highest BCUT2D eigenvalue weighted by Crippen LogP contribution is 2.35. The third kappa shape index (κ3) is 6.04. The molecule has 2 aliphatic rings. The van der Waals surface area contributed by atoms with Crippen LogP contribution in [0.15, 0.2) is 47.4 Å². The Bertz CT molecular complexity index is 1220. The Hall–Kier alpha value is -2.44. The van der Waals surface area contributed by atoms with Crippen LogP contribution in [0.2, 0.25) is 0 Å². The highest BCUT2D eigenvalue weighted by atomic mass is 32.2. The number of rotatable bonds is 6. The van der Waals surface area contributed by atoms with E-state index in [0.717, 1.165) is 12.5 Å². The van der Waals surface area contributed by atoms with E-state index in [-0.39, 0.29) is 41.4 Å². The van der Waals surface area contributed by atoms with Crippen LogP contribution in [0.25, 0.3) is 0 Å². The number of nitrogens with zero attached hydrogens (tertiary/aromatic N) is 2. The summed E-state index contributed by atoms with van der Waals surface area (Å²) < 4.78 is 48.9. The zero-order valence-corrected chi connectivity index (χ0v) is 21.3. The van der Waals surface area contributed by atoms with Gasteiger partial charge in [-0.2, -0.15) is 4.31 Å². The number of aliphatic hydroxyl groups is 1. The van der Waals surface area contributed by atoms with E-state index < -0.39 is 21.9 Å². The standard InChI is InChI=1S/C27H33FN2O4S/c1-19-15-30(20(2)18-31)35(32,33)27-13-11-21(10-12-23-6-4-5-7-24(23)28)14-25(27)34-26(19)17-29(3)16-22-8-9-22/h4-7,11,13-14,19-20,22,26,31H,8-9,15-18H2,1-3H3/t19-,20+,26-/m1/s1. The number of aliphatic hydroxyl groups excluding tert-OH is 1. The predicted molar refractivity (Wildman–Crippen MR) is 133 cm³/mol. The smallest absolute Gasteiger partial charge is 0.247 e. The summed E-state index contributed by atoms with van der Waals surface area (Å²) in [7, 11) is -1.85. The van der Waals surface area contributed by atoms with Gasteiger partial charge in [0.15, 0.2) is 0 Å². The van der Waals surface area contributed by atoms with Gasteiger partial charge in [0.25, 0.3) is 0 Å². The SMILES string of the molecule is C[C@@H]1CN([C@@H](C)CO)S(=O)(=O)c2ccc(C#Cc3ccccc3F)cc2O[C@@H]1CN(C)CC1CC1. The van der Waals surface area contributed by atoms with Crippen LogP contribution in [0.3, 0.4) is 0 Å². The number of benzene rings is 2. The molecule has 1 aliphatic carbocycles. The minimum absolute atomic E-state index is 0.0518. The molecule has 1 N–H and O–H groups in total. The molecule has 0 saturated heterocycles. The molecule has 1 heterocycles. The topological polar surface area (TPSA) is 70.1 Å². The molecular formula is C27H33FN2O4S. The number of hydrogen-bond donors (Lipinski definition) is 1. The molecule has 3 atom stereocenters. The van der Waals surface area contributed by atoms with E-state index in [1.54, 1.807) is 37.3 Å². The van der Waals surface area contributed by atoms with Crippen molar-refractivity contribution in [1.82, 2.24) is 9.21 Å². The third-order valence-electron chi connectivity index (χ3n) is 6.64. The Balaban J connectivity index is 1.72. The summed E-state index contributed by atoms with van der Waals surface area (Å²) in [5, 5.41) is 9.78. The van der Waals surface area contributed by atoms with Gasteiger partial charge < -0.3 is 14.7 Å². The molecule has 0 aromatic heterocycles. The summed E-state index contributed by atoms with van der Waals surface area (Å²) in [6.45, 7) is 5.30. The molecule has 0 spiro atoms. The van der Waals surface area contributed by atoms with E-state index in [2.05, 4.69) is 23.8 Å². The van der Waals surface area contributed by atoms with Gasteiger partial charge >= 0.3 is 0 Å². The van der Waals surface area contributed by atoms with Crippen molar-refractivity contribution in [2.24, 2.45) is 11.8 Å². The quantitative estimate of drug-likeness (QED) is 0.617. The van der Waals surface area contributed by atoms with Crippen molar-refractivity contribution in [3.8, 4) is 17.6 Å².